The number of nitrogens with zero attached hydrogens (tertiary/aromatic N) is 1. The zero-order valence-electron chi connectivity index (χ0n) is 11.9. The van der Waals surface area contributed by atoms with Gasteiger partial charge in [-0.05, 0) is 25.1 Å². The molecule has 1 N–H and O–H groups in total. The molecule has 1 fully saturated rings. The van der Waals surface area contributed by atoms with Crippen LogP contribution >= 0.6 is 23.4 Å². The van der Waals surface area contributed by atoms with Crippen molar-refractivity contribution >= 4 is 29.3 Å². The van der Waals surface area contributed by atoms with Crippen molar-refractivity contribution in [1.29, 1.82) is 0 Å². The number of hydrogen-bond donors (Lipinski definition) is 1. The highest BCUT2D eigenvalue weighted by atomic mass is 35.5. The van der Waals surface area contributed by atoms with Gasteiger partial charge in [-0.25, -0.2) is 0 Å². The Morgan fingerprint density at radius 2 is 2.38 bits per heavy atom. The van der Waals surface area contributed by atoms with Crippen molar-refractivity contribution in [1.82, 2.24) is 4.90 Å². The number of aliphatic hydroxyl groups is 1. The average Bonchev–Trinajstić information content (AvgIpc) is 2.49. The first kappa shape index (κ1) is 16.2. The summed E-state index contributed by atoms with van der Waals surface area (Å²) in [7, 11) is 0. The summed E-state index contributed by atoms with van der Waals surface area (Å²) < 4.78 is 0. The molecule has 0 aliphatic carbocycles. The van der Waals surface area contributed by atoms with Crippen molar-refractivity contribution in [3.8, 4) is 11.8 Å². The molecule has 0 aromatic heterocycles. The van der Waals surface area contributed by atoms with Gasteiger partial charge in [0.25, 0.3) is 5.91 Å². The number of hydrogen-bond acceptors (Lipinski definition) is 3. The Labute approximate surface area is 134 Å². The van der Waals surface area contributed by atoms with E-state index in [0.29, 0.717) is 22.6 Å². The van der Waals surface area contributed by atoms with Gasteiger partial charge in [0, 0.05) is 41.6 Å². The van der Waals surface area contributed by atoms with Crippen LogP contribution in [0.5, 0.6) is 0 Å². The molecule has 21 heavy (non-hydrogen) atoms. The first-order chi connectivity index (χ1) is 10.1. The summed E-state index contributed by atoms with van der Waals surface area (Å²) in [6, 6.07) is 5.47. The molecule has 5 heteroatoms. The monoisotopic (exact) mass is 323 g/mol. The van der Waals surface area contributed by atoms with Gasteiger partial charge in [0.1, 0.15) is 0 Å². The lowest BCUT2D eigenvalue weighted by Gasteiger charge is -2.33. The molecule has 3 nitrogen and oxygen atoms in total. The van der Waals surface area contributed by atoms with Crippen molar-refractivity contribution in [3.63, 3.8) is 0 Å². The number of carbonyl (C=O) groups excluding carboxylic acids is 1. The molecule has 1 saturated heterocycles. The number of thioether (sulfide) groups is 1. The van der Waals surface area contributed by atoms with Crippen molar-refractivity contribution in [2.24, 2.45) is 0 Å². The first-order valence-electron chi connectivity index (χ1n) is 6.91. The number of amides is 1. The van der Waals surface area contributed by atoms with Gasteiger partial charge in [-0.2, -0.15) is 11.8 Å². The van der Waals surface area contributed by atoms with Crippen LogP contribution in [0.2, 0.25) is 5.02 Å². The second kappa shape index (κ2) is 7.74. The maximum atomic E-state index is 12.5. The maximum Gasteiger partial charge on any atom is 0.254 e. The Hall–Kier alpha value is -1.15. The summed E-state index contributed by atoms with van der Waals surface area (Å²) in [5, 5.41) is 9.19. The van der Waals surface area contributed by atoms with E-state index in [9.17, 15) is 4.79 Å². The molecule has 0 radical (unpaired) electrons. The fourth-order valence-electron chi connectivity index (χ4n) is 2.16. The normalized spacial score (nSPS) is 18.0. The highest BCUT2D eigenvalue weighted by Gasteiger charge is 2.24. The molecule has 112 valence electrons. The molecule has 0 spiro atoms. The summed E-state index contributed by atoms with van der Waals surface area (Å²) in [4.78, 5) is 14.4. The number of carbonyl (C=O) groups is 1. The summed E-state index contributed by atoms with van der Waals surface area (Å²) in [6.45, 7) is 2.88. The van der Waals surface area contributed by atoms with Crippen LogP contribution in [-0.4, -0.2) is 46.6 Å². The third-order valence-corrected chi connectivity index (χ3v) is 4.81. The molecule has 1 aromatic rings. The van der Waals surface area contributed by atoms with Gasteiger partial charge in [0.15, 0.2) is 0 Å². The lowest BCUT2D eigenvalue weighted by Crippen LogP contribution is -2.44. The summed E-state index contributed by atoms with van der Waals surface area (Å²) in [5.74, 6) is 7.71. The Morgan fingerprint density at radius 3 is 3.05 bits per heavy atom. The van der Waals surface area contributed by atoms with Gasteiger partial charge in [-0.3, -0.25) is 4.79 Å². The minimum absolute atomic E-state index is 0.0274. The molecular formula is C16H18ClNO2S. The fraction of sp³-hybridized carbons (Fsp3) is 0.438. The molecule has 2 rings (SSSR count). The Kier molecular flexibility index (Phi) is 5.98. The van der Waals surface area contributed by atoms with E-state index in [4.69, 9.17) is 16.7 Å². The topological polar surface area (TPSA) is 40.5 Å². The molecule has 1 unspecified atom stereocenters. The largest absolute Gasteiger partial charge is 0.395 e. The van der Waals surface area contributed by atoms with Crippen LogP contribution in [0.3, 0.4) is 0 Å². The smallest absolute Gasteiger partial charge is 0.254 e. The molecule has 1 amide bonds. The molecule has 1 atom stereocenters. The highest BCUT2D eigenvalue weighted by Crippen LogP contribution is 2.22. The Morgan fingerprint density at radius 1 is 1.57 bits per heavy atom. The number of rotatable bonds is 2. The lowest BCUT2D eigenvalue weighted by molar-refractivity contribution is 0.0716. The van der Waals surface area contributed by atoms with Crippen LogP contribution in [0, 0.1) is 11.8 Å². The van der Waals surface area contributed by atoms with Crippen molar-refractivity contribution in [3.05, 3.63) is 34.3 Å². The van der Waals surface area contributed by atoms with E-state index in [0.717, 1.165) is 18.1 Å². The van der Waals surface area contributed by atoms with Gasteiger partial charge in [0.2, 0.25) is 0 Å². The van der Waals surface area contributed by atoms with Crippen LogP contribution in [0.15, 0.2) is 18.2 Å². The van der Waals surface area contributed by atoms with Crippen molar-refractivity contribution in [2.75, 3.05) is 24.7 Å². The van der Waals surface area contributed by atoms with Crippen LogP contribution in [0.25, 0.3) is 0 Å². The second-order valence-corrected chi connectivity index (χ2v) is 6.45. The summed E-state index contributed by atoms with van der Waals surface area (Å²) in [6.07, 6.45) is 0.417. The van der Waals surface area contributed by atoms with Crippen LogP contribution < -0.4 is 0 Å². The first-order valence-corrected chi connectivity index (χ1v) is 8.44. The molecule has 1 heterocycles. The maximum absolute atomic E-state index is 12.5. The van der Waals surface area contributed by atoms with E-state index < -0.39 is 0 Å². The summed E-state index contributed by atoms with van der Waals surface area (Å²) >= 11 is 8.07. The van der Waals surface area contributed by atoms with E-state index in [-0.39, 0.29) is 18.6 Å². The molecule has 1 aliphatic heterocycles. The molecule has 0 saturated carbocycles. The number of aliphatic hydroxyl groups excluding tert-OH is 1. The molecule has 0 bridgehead atoms. The SMILES string of the molecule is CC1CSCCN1C(=O)c1ccc(C#CCCO)c(Cl)c1. The Balaban J connectivity index is 2.16. The van der Waals surface area contributed by atoms with Crippen molar-refractivity contribution < 1.29 is 9.90 Å². The van der Waals surface area contributed by atoms with E-state index in [1.165, 1.54) is 0 Å². The van der Waals surface area contributed by atoms with Crippen LogP contribution in [0.4, 0.5) is 0 Å². The minimum atomic E-state index is 0.0274. The van der Waals surface area contributed by atoms with E-state index in [1.807, 2.05) is 16.7 Å². The zero-order chi connectivity index (χ0) is 15.2. The third-order valence-electron chi connectivity index (χ3n) is 3.30. The predicted octanol–water partition coefficient (Wildman–Crippen LogP) is 2.65. The van der Waals surface area contributed by atoms with Gasteiger partial charge < -0.3 is 10.0 Å². The minimum Gasteiger partial charge on any atom is -0.395 e. The average molecular weight is 324 g/mol. The summed E-state index contributed by atoms with van der Waals surface area (Å²) in [5.41, 5.74) is 1.29. The second-order valence-electron chi connectivity index (χ2n) is 4.89. The fourth-order valence-corrected chi connectivity index (χ4v) is 3.40. The molecular weight excluding hydrogens is 306 g/mol. The molecule has 1 aromatic carbocycles. The predicted molar refractivity (Wildman–Crippen MR) is 87.9 cm³/mol. The van der Waals surface area contributed by atoms with Gasteiger partial charge in [-0.1, -0.05) is 23.4 Å². The Bertz CT molecular complexity index is 579. The zero-order valence-corrected chi connectivity index (χ0v) is 13.5. The number of benzene rings is 1. The van der Waals surface area contributed by atoms with E-state index in [2.05, 4.69) is 18.8 Å². The van der Waals surface area contributed by atoms with Gasteiger partial charge in [0.05, 0.1) is 11.6 Å². The molecule has 1 aliphatic rings. The van der Waals surface area contributed by atoms with Gasteiger partial charge >= 0.3 is 0 Å². The quantitative estimate of drug-likeness (QED) is 0.851. The third kappa shape index (κ3) is 4.16. The van der Waals surface area contributed by atoms with E-state index in [1.54, 1.807) is 18.2 Å². The lowest BCUT2D eigenvalue weighted by atomic mass is 10.1. The number of halogens is 1. The van der Waals surface area contributed by atoms with Crippen LogP contribution in [0.1, 0.15) is 29.3 Å². The van der Waals surface area contributed by atoms with E-state index >= 15 is 0 Å². The standard InChI is InChI=1S/C16H18ClNO2S/c1-12-11-21-9-7-18(12)16(20)14-6-5-13(15(17)10-14)4-2-3-8-19/h5-6,10,12,19H,3,7-9,11H2,1H3. The highest BCUT2D eigenvalue weighted by molar-refractivity contribution is 7.99. The van der Waals surface area contributed by atoms with Crippen molar-refractivity contribution in [2.45, 2.75) is 19.4 Å². The van der Waals surface area contributed by atoms with Crippen LogP contribution in [-0.2, 0) is 0 Å². The van der Waals surface area contributed by atoms with Gasteiger partial charge in [-0.15, -0.1) is 0 Å².